The van der Waals surface area contributed by atoms with Gasteiger partial charge < -0.3 is 4.98 Å². The van der Waals surface area contributed by atoms with Crippen molar-refractivity contribution in [3.8, 4) is 33.8 Å². The average molecular weight is 434 g/mol. The number of H-pyrrole nitrogens is 2. The molecule has 0 spiro atoms. The number of hydrogen-bond donors (Lipinski definition) is 2. The molecule has 0 atom stereocenters. The van der Waals surface area contributed by atoms with Gasteiger partial charge in [0.05, 0.1) is 28.6 Å². The van der Waals surface area contributed by atoms with E-state index in [0.29, 0.717) is 5.69 Å². The van der Waals surface area contributed by atoms with Crippen LogP contribution in [0, 0.1) is 19.7 Å². The highest BCUT2D eigenvalue weighted by atomic mass is 19.1. The topological polar surface area (TPSA) is 83.1 Å². The van der Waals surface area contributed by atoms with Crippen LogP contribution in [0.2, 0.25) is 0 Å². The van der Waals surface area contributed by atoms with Crippen LogP contribution in [0.1, 0.15) is 11.1 Å². The van der Waals surface area contributed by atoms with Gasteiger partial charge in [0.15, 0.2) is 0 Å². The quantitative estimate of drug-likeness (QED) is 0.359. The molecule has 0 amide bonds. The molecule has 0 aliphatic heterocycles. The van der Waals surface area contributed by atoms with Crippen molar-refractivity contribution >= 4 is 21.9 Å². The van der Waals surface area contributed by atoms with Gasteiger partial charge in [0.1, 0.15) is 17.0 Å². The fourth-order valence-corrected chi connectivity index (χ4v) is 4.27. The summed E-state index contributed by atoms with van der Waals surface area (Å²) in [5.41, 5.74) is 9.41. The summed E-state index contributed by atoms with van der Waals surface area (Å²) in [6.45, 7) is 3.92. The Hall–Kier alpha value is -4.39. The molecule has 0 aliphatic rings. The predicted octanol–water partition coefficient (Wildman–Crippen LogP) is 5.99. The minimum Gasteiger partial charge on any atom is -0.352 e. The van der Waals surface area contributed by atoms with Crippen molar-refractivity contribution in [3.05, 3.63) is 84.2 Å². The molecule has 0 saturated carbocycles. The van der Waals surface area contributed by atoms with E-state index in [0.717, 1.165) is 61.1 Å². The van der Waals surface area contributed by atoms with Crippen LogP contribution in [0.4, 0.5) is 4.39 Å². The largest absolute Gasteiger partial charge is 0.352 e. The Balaban J connectivity index is 1.52. The van der Waals surface area contributed by atoms with E-state index >= 15 is 0 Å². The van der Waals surface area contributed by atoms with Crippen molar-refractivity contribution < 1.29 is 4.39 Å². The molecule has 0 radical (unpaired) electrons. The molecule has 7 heteroatoms. The van der Waals surface area contributed by atoms with Crippen molar-refractivity contribution in [2.45, 2.75) is 13.8 Å². The number of fused-ring (bicyclic) bond motifs is 2. The van der Waals surface area contributed by atoms with E-state index < -0.39 is 0 Å². The molecule has 6 nitrogen and oxygen atoms in total. The number of aromatic amines is 2. The number of aromatic nitrogens is 6. The lowest BCUT2D eigenvalue weighted by atomic mass is 10.0. The lowest BCUT2D eigenvalue weighted by Crippen LogP contribution is -1.89. The van der Waals surface area contributed by atoms with Crippen molar-refractivity contribution in [1.82, 2.24) is 30.1 Å². The number of aryl methyl sites for hydroxylation is 2. The van der Waals surface area contributed by atoms with Gasteiger partial charge in [0.2, 0.25) is 0 Å². The highest BCUT2D eigenvalue weighted by Gasteiger charge is 2.16. The van der Waals surface area contributed by atoms with Gasteiger partial charge in [-0.2, -0.15) is 5.10 Å². The molecule has 5 aromatic heterocycles. The second-order valence-electron chi connectivity index (χ2n) is 8.20. The normalized spacial score (nSPS) is 11.5. The van der Waals surface area contributed by atoms with Crippen LogP contribution in [-0.2, 0) is 0 Å². The summed E-state index contributed by atoms with van der Waals surface area (Å²) in [4.78, 5) is 16.9. The third-order valence-corrected chi connectivity index (χ3v) is 5.88. The minimum absolute atomic E-state index is 0.265. The molecule has 33 heavy (non-hydrogen) atoms. The predicted molar refractivity (Wildman–Crippen MR) is 127 cm³/mol. The first-order valence-corrected chi connectivity index (χ1v) is 10.6. The van der Waals surface area contributed by atoms with Crippen LogP contribution in [-0.4, -0.2) is 30.1 Å². The zero-order chi connectivity index (χ0) is 22.5. The van der Waals surface area contributed by atoms with Crippen LogP contribution in [0.3, 0.4) is 0 Å². The van der Waals surface area contributed by atoms with Crippen LogP contribution in [0.25, 0.3) is 55.7 Å². The molecule has 0 aliphatic carbocycles. The minimum atomic E-state index is -0.265. The average Bonchev–Trinajstić information content (AvgIpc) is 3.42. The van der Waals surface area contributed by atoms with Crippen molar-refractivity contribution in [2.24, 2.45) is 0 Å². The van der Waals surface area contributed by atoms with Gasteiger partial charge in [0, 0.05) is 35.1 Å². The van der Waals surface area contributed by atoms with Crippen LogP contribution < -0.4 is 0 Å². The molecule has 6 rings (SSSR count). The summed E-state index contributed by atoms with van der Waals surface area (Å²) in [5, 5.41) is 8.55. The van der Waals surface area contributed by atoms with E-state index in [1.54, 1.807) is 18.6 Å². The van der Waals surface area contributed by atoms with Crippen molar-refractivity contribution in [2.75, 3.05) is 0 Å². The summed E-state index contributed by atoms with van der Waals surface area (Å²) >= 11 is 0. The van der Waals surface area contributed by atoms with Gasteiger partial charge >= 0.3 is 0 Å². The molecular weight excluding hydrogens is 415 g/mol. The first kappa shape index (κ1) is 19.3. The molecule has 0 fully saturated rings. The number of rotatable bonds is 3. The number of nitrogens with one attached hydrogen (secondary N) is 2. The first-order chi connectivity index (χ1) is 16.1. The maximum atomic E-state index is 14.1. The molecular formula is C26H19FN6. The molecule has 0 saturated heterocycles. The number of nitrogens with zero attached hydrogens (tertiary/aromatic N) is 4. The second-order valence-corrected chi connectivity index (χ2v) is 8.20. The number of pyridine rings is 3. The van der Waals surface area contributed by atoms with Crippen LogP contribution in [0.5, 0.6) is 0 Å². The highest BCUT2D eigenvalue weighted by molar-refractivity contribution is 6.00. The standard InChI is InChI=1S/C26H19FN6/c1-14-7-16(9-17(27)8-14)20-12-29-13-24-18(20)10-23(30-24)26-25-22(32-33-26)4-3-21(31-25)19-11-28-6-5-15(19)2/h3-13,30H,1-2H3,(H,32,33). The third kappa shape index (κ3) is 3.25. The van der Waals surface area contributed by atoms with Gasteiger partial charge in [-0.05, 0) is 66.9 Å². The molecule has 6 aromatic rings. The van der Waals surface area contributed by atoms with E-state index in [9.17, 15) is 4.39 Å². The van der Waals surface area contributed by atoms with Crippen molar-refractivity contribution in [1.29, 1.82) is 0 Å². The van der Waals surface area contributed by atoms with Gasteiger partial charge in [-0.25, -0.2) is 9.37 Å². The van der Waals surface area contributed by atoms with E-state index in [1.807, 2.05) is 50.4 Å². The molecule has 0 bridgehead atoms. The van der Waals surface area contributed by atoms with Crippen LogP contribution >= 0.6 is 0 Å². The van der Waals surface area contributed by atoms with E-state index in [-0.39, 0.29) is 5.82 Å². The Morgan fingerprint density at radius 2 is 1.73 bits per heavy atom. The number of benzene rings is 1. The molecule has 160 valence electrons. The van der Waals surface area contributed by atoms with Gasteiger partial charge in [0.25, 0.3) is 0 Å². The Morgan fingerprint density at radius 1 is 0.848 bits per heavy atom. The Labute approximate surface area is 188 Å². The zero-order valence-electron chi connectivity index (χ0n) is 18.0. The van der Waals surface area contributed by atoms with Gasteiger partial charge in [-0.3, -0.25) is 15.1 Å². The summed E-state index contributed by atoms with van der Waals surface area (Å²) in [5.74, 6) is -0.265. The maximum Gasteiger partial charge on any atom is 0.135 e. The third-order valence-electron chi connectivity index (χ3n) is 5.88. The summed E-state index contributed by atoms with van der Waals surface area (Å²) in [6, 6.07) is 12.9. The summed E-state index contributed by atoms with van der Waals surface area (Å²) in [6.07, 6.45) is 7.13. The molecule has 2 N–H and O–H groups in total. The van der Waals surface area contributed by atoms with Gasteiger partial charge in [-0.15, -0.1) is 0 Å². The smallest absolute Gasteiger partial charge is 0.135 e. The van der Waals surface area contributed by atoms with Crippen molar-refractivity contribution in [3.63, 3.8) is 0 Å². The Kier molecular flexibility index (Phi) is 4.29. The summed E-state index contributed by atoms with van der Waals surface area (Å²) in [7, 11) is 0. The number of halogens is 1. The summed E-state index contributed by atoms with van der Waals surface area (Å²) < 4.78 is 14.1. The highest BCUT2D eigenvalue weighted by Crippen LogP contribution is 2.34. The number of hydrogen-bond acceptors (Lipinski definition) is 4. The maximum absolute atomic E-state index is 14.1. The lowest BCUT2D eigenvalue weighted by molar-refractivity contribution is 0.627. The van der Waals surface area contributed by atoms with E-state index in [1.165, 1.54) is 12.1 Å². The Bertz CT molecular complexity index is 1640. The Morgan fingerprint density at radius 3 is 2.58 bits per heavy atom. The molecule has 0 unspecified atom stereocenters. The fourth-order valence-electron chi connectivity index (χ4n) is 4.27. The first-order valence-electron chi connectivity index (χ1n) is 10.6. The van der Waals surface area contributed by atoms with Crippen LogP contribution in [0.15, 0.2) is 67.3 Å². The van der Waals surface area contributed by atoms with E-state index in [2.05, 4.69) is 25.1 Å². The monoisotopic (exact) mass is 434 g/mol. The molecule has 1 aromatic carbocycles. The zero-order valence-corrected chi connectivity index (χ0v) is 18.0. The fraction of sp³-hybridized carbons (Fsp3) is 0.0769. The molecule has 5 heterocycles. The lowest BCUT2D eigenvalue weighted by Gasteiger charge is -2.05. The second kappa shape index (κ2) is 7.34. The van der Waals surface area contributed by atoms with E-state index in [4.69, 9.17) is 4.98 Å². The van der Waals surface area contributed by atoms with Gasteiger partial charge in [-0.1, -0.05) is 6.07 Å². The SMILES string of the molecule is Cc1cc(F)cc(-c2cncc3[nH]c(-c4n[nH]c5ccc(-c6cnccc6C)nc45)cc23)c1.